The smallest absolute Gasteiger partial charge is 0.321 e. The van der Waals surface area contributed by atoms with Gasteiger partial charge in [0.15, 0.2) is 6.19 Å². The summed E-state index contributed by atoms with van der Waals surface area (Å²) >= 11 is 12.0. The second-order valence-electron chi connectivity index (χ2n) is 7.66. The molecule has 1 aliphatic heterocycles. The van der Waals surface area contributed by atoms with Gasteiger partial charge in [-0.3, -0.25) is 5.32 Å². The summed E-state index contributed by atoms with van der Waals surface area (Å²) < 4.78 is 13.4. The highest BCUT2D eigenvalue weighted by Gasteiger charge is 2.33. The maximum Gasteiger partial charge on any atom is 0.321 e. The van der Waals surface area contributed by atoms with Gasteiger partial charge in [-0.05, 0) is 48.4 Å². The van der Waals surface area contributed by atoms with Crippen molar-refractivity contribution in [2.24, 2.45) is 10.9 Å². The van der Waals surface area contributed by atoms with E-state index in [1.165, 1.54) is 18.2 Å². The van der Waals surface area contributed by atoms with Crippen LogP contribution in [0.5, 0.6) is 0 Å². The summed E-state index contributed by atoms with van der Waals surface area (Å²) in [7, 11) is 0. The molecule has 0 spiro atoms. The van der Waals surface area contributed by atoms with E-state index in [-0.39, 0.29) is 23.0 Å². The Morgan fingerprint density at radius 2 is 1.94 bits per heavy atom. The van der Waals surface area contributed by atoms with Crippen molar-refractivity contribution >= 4 is 46.6 Å². The zero-order valence-electron chi connectivity index (χ0n) is 17.6. The first-order valence-corrected chi connectivity index (χ1v) is 10.8. The van der Waals surface area contributed by atoms with E-state index in [2.05, 4.69) is 15.6 Å². The number of aliphatic imine (C=N–C) groups is 1. The van der Waals surface area contributed by atoms with E-state index in [9.17, 15) is 14.4 Å². The van der Waals surface area contributed by atoms with Crippen LogP contribution in [0.1, 0.15) is 13.8 Å². The molecule has 10 heteroatoms. The second kappa shape index (κ2) is 10.5. The molecule has 1 fully saturated rings. The minimum absolute atomic E-state index is 0.112. The fraction of sp³-hybridized carbons (Fsp3) is 0.318. The number of nitrogens with one attached hydrogen (secondary N) is 2. The Bertz CT molecular complexity index is 1040. The van der Waals surface area contributed by atoms with Gasteiger partial charge in [-0.25, -0.2) is 14.2 Å². The van der Waals surface area contributed by atoms with Crippen molar-refractivity contribution in [2.45, 2.75) is 19.9 Å². The van der Waals surface area contributed by atoms with Gasteiger partial charge in [-0.2, -0.15) is 5.26 Å². The van der Waals surface area contributed by atoms with E-state index in [1.54, 1.807) is 29.2 Å². The monoisotopic (exact) mass is 476 g/mol. The topological polar surface area (TPSA) is 83.8 Å². The van der Waals surface area contributed by atoms with Crippen molar-refractivity contribution in [3.8, 4) is 6.19 Å². The van der Waals surface area contributed by atoms with E-state index in [1.807, 2.05) is 24.9 Å². The van der Waals surface area contributed by atoms with Crippen molar-refractivity contribution in [3.05, 3.63) is 58.3 Å². The van der Waals surface area contributed by atoms with Gasteiger partial charge in [0, 0.05) is 30.3 Å². The second-order valence-corrected chi connectivity index (χ2v) is 8.50. The highest BCUT2D eigenvalue weighted by Crippen LogP contribution is 2.27. The van der Waals surface area contributed by atoms with E-state index >= 15 is 0 Å². The first-order chi connectivity index (χ1) is 15.3. The van der Waals surface area contributed by atoms with Crippen molar-refractivity contribution in [1.29, 1.82) is 5.26 Å². The summed E-state index contributed by atoms with van der Waals surface area (Å²) in [5, 5.41) is 15.5. The molecule has 32 heavy (non-hydrogen) atoms. The van der Waals surface area contributed by atoms with Crippen LogP contribution in [0.4, 0.5) is 20.6 Å². The predicted octanol–water partition coefficient (Wildman–Crippen LogP) is 5.06. The molecular formula is C22H23Cl2FN6O. The zero-order valence-corrected chi connectivity index (χ0v) is 19.2. The third-order valence-electron chi connectivity index (χ3n) is 5.15. The third kappa shape index (κ3) is 5.81. The van der Waals surface area contributed by atoms with Crippen molar-refractivity contribution in [3.63, 3.8) is 0 Å². The Morgan fingerprint density at radius 3 is 2.56 bits per heavy atom. The van der Waals surface area contributed by atoms with E-state index < -0.39 is 5.82 Å². The molecule has 1 atom stereocenters. The molecule has 2 N–H and O–H groups in total. The van der Waals surface area contributed by atoms with Crippen LogP contribution in [-0.2, 0) is 0 Å². The Labute approximate surface area is 196 Å². The molecule has 7 nitrogen and oxygen atoms in total. The minimum Gasteiger partial charge on any atom is -0.335 e. The SMILES string of the molecule is CC(C)[C@@H]1CN(C(=O)Nc2ccc(Cl)cc2)CCN1C(=Nc1ccc(F)cc1Cl)NC#N. The number of hydrogen-bond acceptors (Lipinski definition) is 3. The van der Waals surface area contributed by atoms with Gasteiger partial charge in [0.25, 0.3) is 0 Å². The van der Waals surface area contributed by atoms with Crippen LogP contribution in [0, 0.1) is 23.2 Å². The van der Waals surface area contributed by atoms with E-state index in [0.717, 1.165) is 0 Å². The molecule has 0 aromatic heterocycles. The maximum absolute atomic E-state index is 13.4. The molecule has 3 rings (SSSR count). The van der Waals surface area contributed by atoms with Crippen LogP contribution in [-0.4, -0.2) is 47.5 Å². The average molecular weight is 477 g/mol. The van der Waals surface area contributed by atoms with Gasteiger partial charge in [0.1, 0.15) is 5.82 Å². The number of benzene rings is 2. The lowest BCUT2D eigenvalue weighted by atomic mass is 10.00. The summed E-state index contributed by atoms with van der Waals surface area (Å²) in [5.74, 6) is -0.0166. The number of amides is 2. The predicted molar refractivity (Wildman–Crippen MR) is 125 cm³/mol. The Morgan fingerprint density at radius 1 is 1.22 bits per heavy atom. The molecule has 0 aliphatic carbocycles. The number of halogens is 3. The number of carbonyl (C=O) groups excluding carboxylic acids is 1. The molecule has 0 bridgehead atoms. The Hall–Kier alpha value is -3.02. The first-order valence-electron chi connectivity index (χ1n) is 10.1. The van der Waals surface area contributed by atoms with Crippen LogP contribution in [0.3, 0.4) is 0 Å². The third-order valence-corrected chi connectivity index (χ3v) is 5.70. The molecule has 168 valence electrons. The number of hydrogen-bond donors (Lipinski definition) is 2. The van der Waals surface area contributed by atoms with Crippen LogP contribution in [0.15, 0.2) is 47.5 Å². The number of piperazine rings is 1. The average Bonchev–Trinajstić information content (AvgIpc) is 2.76. The largest absolute Gasteiger partial charge is 0.335 e. The van der Waals surface area contributed by atoms with Crippen molar-refractivity contribution in [1.82, 2.24) is 15.1 Å². The standard InChI is InChI=1S/C22H23Cl2FN6O/c1-14(2)20-12-30(22(32)28-17-6-3-15(23)4-7-17)9-10-31(20)21(27-13-26)29-19-8-5-16(25)11-18(19)24/h3-8,11,14,20H,9-10,12H2,1-2H3,(H,27,29)(H,28,32)/t20-/m0/s1. The summed E-state index contributed by atoms with van der Waals surface area (Å²) in [4.78, 5) is 20.9. The van der Waals surface area contributed by atoms with Gasteiger partial charge in [0.05, 0.1) is 16.8 Å². The maximum atomic E-state index is 13.4. The fourth-order valence-electron chi connectivity index (χ4n) is 3.46. The lowest BCUT2D eigenvalue weighted by molar-refractivity contribution is 0.118. The molecule has 0 radical (unpaired) electrons. The highest BCUT2D eigenvalue weighted by molar-refractivity contribution is 6.33. The molecule has 1 heterocycles. The highest BCUT2D eigenvalue weighted by atomic mass is 35.5. The van der Waals surface area contributed by atoms with Crippen LogP contribution in [0.2, 0.25) is 10.0 Å². The number of anilines is 1. The number of rotatable bonds is 3. The summed E-state index contributed by atoms with van der Waals surface area (Å²) in [6.07, 6.45) is 1.90. The van der Waals surface area contributed by atoms with E-state index in [4.69, 9.17) is 23.2 Å². The summed E-state index contributed by atoms with van der Waals surface area (Å²) in [6, 6.07) is 10.5. The summed E-state index contributed by atoms with van der Waals surface area (Å²) in [5.41, 5.74) is 0.999. The van der Waals surface area contributed by atoms with Crippen molar-refractivity contribution < 1.29 is 9.18 Å². The molecular weight excluding hydrogens is 454 g/mol. The molecule has 2 aromatic rings. The number of nitriles is 1. The normalized spacial score (nSPS) is 16.7. The zero-order chi connectivity index (χ0) is 23.3. The van der Waals surface area contributed by atoms with Crippen molar-refractivity contribution in [2.75, 3.05) is 25.0 Å². The lowest BCUT2D eigenvalue weighted by Crippen LogP contribution is -2.60. The van der Waals surface area contributed by atoms with Gasteiger partial charge in [0.2, 0.25) is 5.96 Å². The number of guanidine groups is 1. The van der Waals surface area contributed by atoms with Crippen LogP contribution < -0.4 is 10.6 Å². The molecule has 1 aliphatic rings. The number of urea groups is 1. The molecule has 2 aromatic carbocycles. The Balaban J connectivity index is 1.79. The quantitative estimate of drug-likeness (QED) is 0.280. The fourth-order valence-corrected chi connectivity index (χ4v) is 3.80. The van der Waals surface area contributed by atoms with Gasteiger partial charge in [-0.15, -0.1) is 0 Å². The number of carbonyl (C=O) groups is 1. The van der Waals surface area contributed by atoms with Crippen LogP contribution in [0.25, 0.3) is 0 Å². The van der Waals surface area contributed by atoms with E-state index in [0.29, 0.717) is 42.0 Å². The van der Waals surface area contributed by atoms with Gasteiger partial charge < -0.3 is 15.1 Å². The van der Waals surface area contributed by atoms with Gasteiger partial charge >= 0.3 is 6.03 Å². The molecule has 0 saturated carbocycles. The van der Waals surface area contributed by atoms with Crippen LogP contribution >= 0.6 is 23.2 Å². The molecule has 2 amide bonds. The minimum atomic E-state index is -0.468. The molecule has 0 unspecified atom stereocenters. The Kier molecular flexibility index (Phi) is 7.78. The summed E-state index contributed by atoms with van der Waals surface area (Å²) in [6.45, 7) is 5.37. The van der Waals surface area contributed by atoms with Gasteiger partial charge in [-0.1, -0.05) is 37.0 Å². The number of nitrogens with zero attached hydrogens (tertiary/aromatic N) is 4. The lowest BCUT2D eigenvalue weighted by Gasteiger charge is -2.44. The first kappa shape index (κ1) is 23.6. The molecule has 1 saturated heterocycles.